The second-order valence-corrected chi connectivity index (χ2v) is 6.68. The Morgan fingerprint density at radius 1 is 0.964 bits per heavy atom. The van der Waals surface area contributed by atoms with Crippen molar-refractivity contribution >= 4 is 34.2 Å². The van der Waals surface area contributed by atoms with Crippen LogP contribution in [-0.2, 0) is 0 Å². The highest BCUT2D eigenvalue weighted by atomic mass is 32.2. The summed E-state index contributed by atoms with van der Waals surface area (Å²) >= 11 is 0.802. The number of nitrogens with one attached hydrogen (secondary N) is 1. The van der Waals surface area contributed by atoms with Crippen molar-refractivity contribution in [2.75, 3.05) is 5.32 Å². The van der Waals surface area contributed by atoms with Gasteiger partial charge in [0.05, 0.1) is 16.2 Å². The molecule has 0 radical (unpaired) electrons. The topological polar surface area (TPSA) is 110 Å². The first kappa shape index (κ1) is 19.1. The molecule has 140 valence electrons. The number of nitro groups is 1. The summed E-state index contributed by atoms with van der Waals surface area (Å²) < 4.78 is 0. The largest absolute Gasteiger partial charge is 0.506 e. The van der Waals surface area contributed by atoms with Gasteiger partial charge in [-0.25, -0.2) is 0 Å². The number of rotatable bonds is 5. The number of phenolic OH excluding ortho intramolecular Hbond substituents is 1. The van der Waals surface area contributed by atoms with Gasteiger partial charge in [0.25, 0.3) is 11.6 Å². The van der Waals surface area contributed by atoms with E-state index in [0.717, 1.165) is 17.8 Å². The molecular weight excluding hydrogens is 380 g/mol. The van der Waals surface area contributed by atoms with Crippen LogP contribution in [0, 0.1) is 10.1 Å². The molecule has 0 heterocycles. The number of nitrogens with zero attached hydrogens (tertiary/aromatic N) is 1. The fourth-order valence-corrected chi connectivity index (χ4v) is 3.25. The highest BCUT2D eigenvalue weighted by Crippen LogP contribution is 2.31. The van der Waals surface area contributed by atoms with E-state index in [0.29, 0.717) is 5.56 Å². The molecule has 0 atom stereocenters. The van der Waals surface area contributed by atoms with E-state index in [1.807, 2.05) is 0 Å². The molecule has 0 aliphatic heterocycles. The van der Waals surface area contributed by atoms with Crippen LogP contribution in [0.25, 0.3) is 0 Å². The molecule has 0 spiro atoms. The average molecular weight is 394 g/mol. The zero-order valence-corrected chi connectivity index (χ0v) is 15.2. The lowest BCUT2D eigenvalue weighted by molar-refractivity contribution is -0.384. The number of para-hydroxylation sites is 2. The van der Waals surface area contributed by atoms with Gasteiger partial charge in [-0.3, -0.25) is 19.7 Å². The molecule has 0 saturated carbocycles. The molecule has 7 nitrogen and oxygen atoms in total. The molecule has 0 aliphatic rings. The highest BCUT2D eigenvalue weighted by molar-refractivity contribution is 8.14. The number of hydrogen-bond donors (Lipinski definition) is 2. The van der Waals surface area contributed by atoms with E-state index >= 15 is 0 Å². The smallest absolute Gasteiger partial charge is 0.270 e. The van der Waals surface area contributed by atoms with Crippen LogP contribution >= 0.6 is 11.8 Å². The van der Waals surface area contributed by atoms with E-state index < -0.39 is 10.8 Å². The molecule has 3 aromatic carbocycles. The number of hydrogen-bond acceptors (Lipinski definition) is 6. The fourth-order valence-electron chi connectivity index (χ4n) is 2.40. The molecule has 2 N–H and O–H groups in total. The van der Waals surface area contributed by atoms with Gasteiger partial charge in [0.15, 0.2) is 0 Å². The Hall–Kier alpha value is -3.65. The van der Waals surface area contributed by atoms with E-state index in [1.54, 1.807) is 42.5 Å². The number of carbonyl (C=O) groups is 2. The summed E-state index contributed by atoms with van der Waals surface area (Å²) in [5.41, 5.74) is 0.285. The monoisotopic (exact) mass is 394 g/mol. The van der Waals surface area contributed by atoms with Gasteiger partial charge in [-0.15, -0.1) is 0 Å². The first-order chi connectivity index (χ1) is 13.5. The van der Waals surface area contributed by atoms with E-state index in [1.165, 1.54) is 24.3 Å². The van der Waals surface area contributed by atoms with Gasteiger partial charge in [-0.05, 0) is 30.0 Å². The summed E-state index contributed by atoms with van der Waals surface area (Å²) in [5, 5.41) is 23.1. The van der Waals surface area contributed by atoms with Gasteiger partial charge in [-0.2, -0.15) is 0 Å². The Labute approximate surface area is 164 Å². The summed E-state index contributed by atoms with van der Waals surface area (Å²) in [5.74, 6) is -0.815. The van der Waals surface area contributed by atoms with Crippen LogP contribution in [0.2, 0.25) is 0 Å². The van der Waals surface area contributed by atoms with Crippen molar-refractivity contribution in [3.8, 4) is 5.75 Å². The van der Waals surface area contributed by atoms with Crippen LogP contribution < -0.4 is 5.32 Å². The van der Waals surface area contributed by atoms with Crippen molar-refractivity contribution in [3.63, 3.8) is 0 Å². The first-order valence-corrected chi connectivity index (χ1v) is 8.92. The lowest BCUT2D eigenvalue weighted by atomic mass is 10.1. The van der Waals surface area contributed by atoms with Crippen molar-refractivity contribution in [2.45, 2.75) is 4.90 Å². The minimum absolute atomic E-state index is 0.0354. The molecule has 0 aliphatic carbocycles. The molecular formula is C20H14N2O5S. The normalized spacial score (nSPS) is 10.3. The van der Waals surface area contributed by atoms with Crippen molar-refractivity contribution in [2.24, 2.45) is 0 Å². The molecule has 3 aromatic rings. The maximum atomic E-state index is 12.7. The lowest BCUT2D eigenvalue weighted by Crippen LogP contribution is -2.14. The molecule has 1 amide bonds. The van der Waals surface area contributed by atoms with Gasteiger partial charge in [-0.1, -0.05) is 42.5 Å². The van der Waals surface area contributed by atoms with Crippen molar-refractivity contribution < 1.29 is 19.6 Å². The summed E-state index contributed by atoms with van der Waals surface area (Å²) in [6.07, 6.45) is 0. The lowest BCUT2D eigenvalue weighted by Gasteiger charge is -2.10. The Morgan fingerprint density at radius 2 is 1.64 bits per heavy atom. The van der Waals surface area contributed by atoms with Crippen molar-refractivity contribution in [1.82, 2.24) is 0 Å². The molecule has 8 heteroatoms. The van der Waals surface area contributed by atoms with E-state index in [-0.39, 0.29) is 32.7 Å². The summed E-state index contributed by atoms with van der Waals surface area (Å²) in [6, 6.07) is 18.3. The SMILES string of the molecule is O=C(Sc1ccc([N+](=O)[O-])cc1C(=O)Nc1ccccc1O)c1ccccc1. The number of non-ortho nitro benzene ring substituents is 1. The summed E-state index contributed by atoms with van der Waals surface area (Å²) in [6.45, 7) is 0. The third-order valence-electron chi connectivity index (χ3n) is 3.78. The Bertz CT molecular complexity index is 1050. The Balaban J connectivity index is 1.94. The minimum atomic E-state index is -0.673. The molecule has 3 rings (SSSR count). The molecule has 0 aromatic heterocycles. The maximum Gasteiger partial charge on any atom is 0.270 e. The second-order valence-electron chi connectivity index (χ2n) is 5.66. The molecule has 0 saturated heterocycles. The van der Waals surface area contributed by atoms with E-state index in [4.69, 9.17) is 0 Å². The zero-order chi connectivity index (χ0) is 20.1. The predicted molar refractivity (Wildman–Crippen MR) is 106 cm³/mol. The van der Waals surface area contributed by atoms with Gasteiger partial charge in [0, 0.05) is 22.6 Å². The summed E-state index contributed by atoms with van der Waals surface area (Å²) in [4.78, 5) is 35.9. The first-order valence-electron chi connectivity index (χ1n) is 8.10. The van der Waals surface area contributed by atoms with Crippen molar-refractivity contribution in [1.29, 1.82) is 0 Å². The number of nitro benzene ring substituents is 1. The summed E-state index contributed by atoms with van der Waals surface area (Å²) in [7, 11) is 0. The quantitative estimate of drug-likeness (QED) is 0.286. The second kappa shape index (κ2) is 8.36. The van der Waals surface area contributed by atoms with Crippen LogP contribution in [-0.4, -0.2) is 21.1 Å². The fraction of sp³-hybridized carbons (Fsp3) is 0. The van der Waals surface area contributed by atoms with Crippen LogP contribution in [0.4, 0.5) is 11.4 Å². The van der Waals surface area contributed by atoms with Crippen LogP contribution in [0.15, 0.2) is 77.7 Å². The van der Waals surface area contributed by atoms with Crippen LogP contribution in [0.1, 0.15) is 20.7 Å². The Kier molecular flexibility index (Phi) is 5.71. The van der Waals surface area contributed by atoms with Crippen LogP contribution in [0.3, 0.4) is 0 Å². The number of benzene rings is 3. The Morgan fingerprint density at radius 3 is 2.32 bits per heavy atom. The number of phenols is 1. The van der Waals surface area contributed by atoms with E-state index in [2.05, 4.69) is 5.32 Å². The van der Waals surface area contributed by atoms with Gasteiger partial charge in [0.2, 0.25) is 5.12 Å². The van der Waals surface area contributed by atoms with Crippen LogP contribution in [0.5, 0.6) is 5.75 Å². The number of amides is 1. The highest BCUT2D eigenvalue weighted by Gasteiger charge is 2.20. The van der Waals surface area contributed by atoms with Gasteiger partial charge in [0.1, 0.15) is 5.75 Å². The predicted octanol–water partition coefficient (Wildman–Crippen LogP) is 4.49. The third-order valence-corrected chi connectivity index (χ3v) is 4.78. The number of aromatic hydroxyl groups is 1. The molecule has 28 heavy (non-hydrogen) atoms. The zero-order valence-electron chi connectivity index (χ0n) is 14.4. The average Bonchev–Trinajstić information content (AvgIpc) is 2.70. The number of thioether (sulfide) groups is 1. The molecule has 0 unspecified atom stereocenters. The van der Waals surface area contributed by atoms with Crippen molar-refractivity contribution in [3.05, 3.63) is 94.0 Å². The molecule has 0 fully saturated rings. The minimum Gasteiger partial charge on any atom is -0.506 e. The van der Waals surface area contributed by atoms with Gasteiger partial charge >= 0.3 is 0 Å². The standard InChI is InChI=1S/C20H14N2O5S/c23-17-9-5-4-8-16(17)21-19(24)15-12-14(22(26)27)10-11-18(15)28-20(25)13-6-2-1-3-7-13/h1-12,23H,(H,21,24). The maximum absolute atomic E-state index is 12.7. The number of anilines is 1. The molecule has 0 bridgehead atoms. The third kappa shape index (κ3) is 4.36. The number of carbonyl (C=O) groups excluding carboxylic acids is 2. The van der Waals surface area contributed by atoms with E-state index in [9.17, 15) is 24.8 Å². The van der Waals surface area contributed by atoms with Gasteiger partial charge < -0.3 is 10.4 Å².